The van der Waals surface area contributed by atoms with Gasteiger partial charge in [-0.1, -0.05) is 66.7 Å². The number of nitrogens with two attached hydrogens (primary N) is 1. The van der Waals surface area contributed by atoms with E-state index in [2.05, 4.69) is 16.4 Å². The molecule has 39 heavy (non-hydrogen) atoms. The van der Waals surface area contributed by atoms with Crippen LogP contribution in [0.3, 0.4) is 0 Å². The second-order valence-corrected chi connectivity index (χ2v) is 9.23. The van der Waals surface area contributed by atoms with Crippen molar-refractivity contribution in [3.63, 3.8) is 0 Å². The minimum atomic E-state index is 0.316. The van der Waals surface area contributed by atoms with Crippen LogP contribution in [0, 0.1) is 25.2 Å². The summed E-state index contributed by atoms with van der Waals surface area (Å²) in [6.45, 7) is 5.99. The average Bonchev–Trinajstić information content (AvgIpc) is 3.23. The summed E-state index contributed by atoms with van der Waals surface area (Å²) in [4.78, 5) is 9.18. The van der Waals surface area contributed by atoms with Gasteiger partial charge in [-0.2, -0.15) is 10.2 Å². The van der Waals surface area contributed by atoms with Crippen molar-refractivity contribution in [2.75, 3.05) is 24.2 Å². The summed E-state index contributed by atoms with van der Waals surface area (Å²) in [7, 11) is 0. The van der Waals surface area contributed by atoms with E-state index in [0.29, 0.717) is 54.7 Å². The van der Waals surface area contributed by atoms with Crippen molar-refractivity contribution in [2.24, 2.45) is 0 Å². The van der Waals surface area contributed by atoms with E-state index in [4.69, 9.17) is 20.2 Å². The summed E-state index contributed by atoms with van der Waals surface area (Å²) in [5.74, 6) is 1.49. The normalized spacial score (nSPS) is 10.9. The van der Waals surface area contributed by atoms with Crippen LogP contribution in [0.1, 0.15) is 27.8 Å². The zero-order valence-corrected chi connectivity index (χ0v) is 22.0. The molecule has 2 heterocycles. The van der Waals surface area contributed by atoms with Gasteiger partial charge in [-0.3, -0.25) is 4.57 Å². The first kappa shape index (κ1) is 25.8. The van der Waals surface area contributed by atoms with E-state index >= 15 is 0 Å². The fourth-order valence-corrected chi connectivity index (χ4v) is 4.56. The number of anilines is 2. The largest absolute Gasteiger partial charge is 0.489 e. The molecule has 0 aliphatic rings. The Balaban J connectivity index is 1.41. The molecule has 0 aliphatic carbocycles. The van der Waals surface area contributed by atoms with Crippen molar-refractivity contribution in [2.45, 2.75) is 27.1 Å². The molecule has 5 aromatic rings. The fourth-order valence-electron chi connectivity index (χ4n) is 4.56. The van der Waals surface area contributed by atoms with Crippen molar-refractivity contribution in [3.8, 4) is 17.5 Å². The molecule has 0 saturated carbocycles. The minimum absolute atomic E-state index is 0.316. The van der Waals surface area contributed by atoms with Gasteiger partial charge in [0.25, 0.3) is 0 Å². The molecule has 8 nitrogen and oxygen atoms in total. The summed E-state index contributed by atoms with van der Waals surface area (Å²) in [5, 5.41) is 13.7. The van der Waals surface area contributed by atoms with Gasteiger partial charge in [0.2, 0.25) is 5.95 Å². The quantitative estimate of drug-likeness (QED) is 0.228. The van der Waals surface area contributed by atoms with Crippen molar-refractivity contribution < 1.29 is 9.47 Å². The van der Waals surface area contributed by atoms with Gasteiger partial charge in [-0.25, -0.2) is 4.98 Å². The van der Waals surface area contributed by atoms with Gasteiger partial charge < -0.3 is 20.5 Å². The van der Waals surface area contributed by atoms with Crippen molar-refractivity contribution in [1.29, 1.82) is 5.26 Å². The summed E-state index contributed by atoms with van der Waals surface area (Å²) in [6, 6.07) is 26.2. The maximum absolute atomic E-state index is 9.89. The highest BCUT2D eigenvalue weighted by atomic mass is 16.5. The highest BCUT2D eigenvalue weighted by Crippen LogP contribution is 2.36. The van der Waals surface area contributed by atoms with Gasteiger partial charge in [0.15, 0.2) is 5.65 Å². The fraction of sp³-hybridized carbons (Fsp3) is 0.194. The Hall–Kier alpha value is -4.87. The van der Waals surface area contributed by atoms with Crippen molar-refractivity contribution >= 4 is 22.8 Å². The van der Waals surface area contributed by atoms with E-state index in [1.165, 1.54) is 0 Å². The van der Waals surface area contributed by atoms with Crippen LogP contribution >= 0.6 is 0 Å². The second-order valence-electron chi connectivity index (χ2n) is 9.23. The molecule has 0 aliphatic heterocycles. The van der Waals surface area contributed by atoms with Crippen LogP contribution in [0.2, 0.25) is 0 Å². The molecule has 5 rings (SSSR count). The Kier molecular flexibility index (Phi) is 7.71. The van der Waals surface area contributed by atoms with E-state index in [0.717, 1.165) is 33.7 Å². The van der Waals surface area contributed by atoms with Crippen LogP contribution in [0.15, 0.2) is 79.0 Å². The van der Waals surface area contributed by atoms with E-state index in [9.17, 15) is 5.26 Å². The van der Waals surface area contributed by atoms with Crippen LogP contribution in [0.4, 0.5) is 11.8 Å². The predicted molar refractivity (Wildman–Crippen MR) is 153 cm³/mol. The van der Waals surface area contributed by atoms with E-state index in [1.807, 2.05) is 91.2 Å². The standard InChI is InChI=1S/C31H30N6O2/c1-21-13-14-27(39-20-24-11-7-4-8-12-24)22(2)28(21)37-29(33)25(17-32)26-18-35-31(36-30(26)37)34-15-16-38-19-23-9-5-3-6-10-23/h3-14,18H,15-16,19-20,33H2,1-2H3,(H,34,35,36). The number of hydrogen-bond acceptors (Lipinski definition) is 7. The number of nitriles is 1. The SMILES string of the molecule is Cc1ccc(OCc2ccccc2)c(C)c1-n1c(N)c(C#N)c2cnc(NCCOCc3ccccc3)nc21. The summed E-state index contributed by atoms with van der Waals surface area (Å²) >= 11 is 0. The first-order valence-electron chi connectivity index (χ1n) is 12.8. The number of nitrogens with zero attached hydrogens (tertiary/aromatic N) is 4. The molecule has 3 N–H and O–H groups in total. The number of aromatic nitrogens is 3. The lowest BCUT2D eigenvalue weighted by Crippen LogP contribution is -2.12. The predicted octanol–water partition coefficient (Wildman–Crippen LogP) is 5.70. The van der Waals surface area contributed by atoms with Crippen LogP contribution in [0.5, 0.6) is 5.75 Å². The molecule has 2 aromatic heterocycles. The molecule has 0 radical (unpaired) electrons. The van der Waals surface area contributed by atoms with Gasteiger partial charge in [0.1, 0.15) is 29.8 Å². The highest BCUT2D eigenvalue weighted by Gasteiger charge is 2.22. The number of benzene rings is 3. The number of nitrogen functional groups attached to an aromatic ring is 1. The van der Waals surface area contributed by atoms with Crippen LogP contribution in [0.25, 0.3) is 16.7 Å². The monoisotopic (exact) mass is 518 g/mol. The average molecular weight is 519 g/mol. The first-order chi connectivity index (χ1) is 19.1. The zero-order valence-electron chi connectivity index (χ0n) is 22.0. The van der Waals surface area contributed by atoms with Gasteiger partial charge in [0.05, 0.1) is 24.3 Å². The highest BCUT2D eigenvalue weighted by molar-refractivity contribution is 5.92. The summed E-state index contributed by atoms with van der Waals surface area (Å²) in [6.07, 6.45) is 1.64. The molecule has 0 saturated heterocycles. The third-order valence-electron chi connectivity index (χ3n) is 6.54. The maximum Gasteiger partial charge on any atom is 0.224 e. The molecular weight excluding hydrogens is 488 g/mol. The van der Waals surface area contributed by atoms with Gasteiger partial charge in [0, 0.05) is 18.3 Å². The molecular formula is C31H30N6O2. The Morgan fingerprint density at radius 3 is 2.33 bits per heavy atom. The topological polar surface area (TPSA) is 111 Å². The third-order valence-corrected chi connectivity index (χ3v) is 6.54. The Morgan fingerprint density at radius 1 is 0.949 bits per heavy atom. The number of hydrogen-bond donors (Lipinski definition) is 2. The number of rotatable bonds is 10. The van der Waals surface area contributed by atoms with E-state index in [1.54, 1.807) is 6.20 Å². The molecule has 0 unspecified atom stereocenters. The number of fused-ring (bicyclic) bond motifs is 1. The minimum Gasteiger partial charge on any atom is -0.489 e. The van der Waals surface area contributed by atoms with Gasteiger partial charge in [-0.05, 0) is 36.6 Å². The second kappa shape index (κ2) is 11.7. The Morgan fingerprint density at radius 2 is 1.64 bits per heavy atom. The van der Waals surface area contributed by atoms with Gasteiger partial charge >= 0.3 is 0 Å². The zero-order chi connectivity index (χ0) is 27.2. The number of nitrogens with one attached hydrogen (secondary N) is 1. The van der Waals surface area contributed by atoms with Crippen LogP contribution < -0.4 is 15.8 Å². The number of aryl methyl sites for hydroxylation is 1. The molecule has 0 atom stereocenters. The summed E-state index contributed by atoms with van der Waals surface area (Å²) in [5.41, 5.74) is 12.4. The molecule has 8 heteroatoms. The molecule has 0 fully saturated rings. The van der Waals surface area contributed by atoms with Gasteiger partial charge in [-0.15, -0.1) is 0 Å². The molecule has 0 spiro atoms. The molecule has 3 aromatic carbocycles. The lowest BCUT2D eigenvalue weighted by molar-refractivity contribution is 0.130. The van der Waals surface area contributed by atoms with E-state index < -0.39 is 0 Å². The van der Waals surface area contributed by atoms with E-state index in [-0.39, 0.29) is 0 Å². The first-order valence-corrected chi connectivity index (χ1v) is 12.8. The molecule has 0 bridgehead atoms. The molecule has 0 amide bonds. The smallest absolute Gasteiger partial charge is 0.224 e. The third kappa shape index (κ3) is 5.54. The van der Waals surface area contributed by atoms with Crippen LogP contribution in [-0.4, -0.2) is 27.7 Å². The maximum atomic E-state index is 9.89. The lowest BCUT2D eigenvalue weighted by atomic mass is 10.1. The number of ether oxygens (including phenoxy) is 2. The van der Waals surface area contributed by atoms with Crippen LogP contribution in [-0.2, 0) is 18.0 Å². The van der Waals surface area contributed by atoms with Crippen molar-refractivity contribution in [1.82, 2.24) is 14.5 Å². The lowest BCUT2D eigenvalue weighted by Gasteiger charge is -2.18. The van der Waals surface area contributed by atoms with Crippen molar-refractivity contribution in [3.05, 3.63) is 107 Å². The summed E-state index contributed by atoms with van der Waals surface area (Å²) < 4.78 is 13.8. The Labute approximate surface area is 227 Å². The molecule has 196 valence electrons. The Bertz CT molecular complexity index is 1620.